The topological polar surface area (TPSA) is 108 Å². The molecule has 0 bridgehead atoms. The van der Waals surface area contributed by atoms with E-state index in [9.17, 15) is 9.59 Å². The molecule has 0 aromatic carbocycles. The van der Waals surface area contributed by atoms with E-state index in [1.54, 1.807) is 0 Å². The van der Waals surface area contributed by atoms with Gasteiger partial charge in [0, 0.05) is 19.8 Å². The molecule has 0 saturated carbocycles. The van der Waals surface area contributed by atoms with E-state index in [2.05, 4.69) is 10.6 Å². The molecule has 0 radical (unpaired) electrons. The molecular formula is C11H22N2O5. The molecule has 0 rings (SSSR count). The number of rotatable bonds is 9. The van der Waals surface area contributed by atoms with Crippen molar-refractivity contribution in [2.75, 3.05) is 26.4 Å². The molecule has 0 saturated heterocycles. The minimum Gasteiger partial charge on any atom is -0.480 e. The van der Waals surface area contributed by atoms with Gasteiger partial charge in [-0.05, 0) is 12.3 Å². The van der Waals surface area contributed by atoms with Crippen molar-refractivity contribution in [2.24, 2.45) is 5.92 Å². The first-order chi connectivity index (χ1) is 8.47. The molecule has 106 valence electrons. The minimum atomic E-state index is -1.28. The van der Waals surface area contributed by atoms with Crippen LogP contribution in [0.1, 0.15) is 20.3 Å². The summed E-state index contributed by atoms with van der Waals surface area (Å²) in [5.74, 6) is -0.796. The highest BCUT2D eigenvalue weighted by atomic mass is 16.5. The third kappa shape index (κ3) is 8.77. The van der Waals surface area contributed by atoms with E-state index in [1.165, 1.54) is 0 Å². The molecule has 0 fully saturated rings. The average molecular weight is 262 g/mol. The number of aliphatic hydroxyl groups is 1. The number of carboxylic acids is 1. The van der Waals surface area contributed by atoms with Gasteiger partial charge in [0.25, 0.3) is 0 Å². The molecular weight excluding hydrogens is 240 g/mol. The SMILES string of the molecule is CC(C)COCCCNC(=O)N[C@H](CO)C(=O)O. The fourth-order valence-electron chi connectivity index (χ4n) is 1.09. The van der Waals surface area contributed by atoms with E-state index in [-0.39, 0.29) is 0 Å². The largest absolute Gasteiger partial charge is 0.480 e. The minimum absolute atomic E-state index is 0.391. The third-order valence-corrected chi connectivity index (χ3v) is 1.99. The number of ether oxygens (including phenoxy) is 1. The number of aliphatic carboxylic acids is 1. The Labute approximate surface area is 107 Å². The molecule has 0 aliphatic heterocycles. The molecule has 0 aliphatic rings. The molecule has 0 spiro atoms. The van der Waals surface area contributed by atoms with Crippen molar-refractivity contribution in [3.05, 3.63) is 0 Å². The zero-order valence-electron chi connectivity index (χ0n) is 10.8. The fourth-order valence-corrected chi connectivity index (χ4v) is 1.09. The van der Waals surface area contributed by atoms with Crippen molar-refractivity contribution in [1.82, 2.24) is 10.6 Å². The Kier molecular flexibility index (Phi) is 8.95. The van der Waals surface area contributed by atoms with Gasteiger partial charge in [-0.15, -0.1) is 0 Å². The summed E-state index contributed by atoms with van der Waals surface area (Å²) in [6.07, 6.45) is 0.650. The number of carbonyl (C=O) groups excluding carboxylic acids is 1. The Morgan fingerprint density at radius 1 is 1.33 bits per heavy atom. The lowest BCUT2D eigenvalue weighted by Gasteiger charge is -2.12. The van der Waals surface area contributed by atoms with Crippen LogP contribution >= 0.6 is 0 Å². The summed E-state index contributed by atoms with van der Waals surface area (Å²) in [7, 11) is 0. The van der Waals surface area contributed by atoms with E-state index in [1.807, 2.05) is 13.8 Å². The molecule has 1 atom stereocenters. The standard InChI is InChI=1S/C11H22N2O5/c1-8(2)7-18-5-3-4-12-11(17)13-9(6-14)10(15)16/h8-9,14H,3-7H2,1-2H3,(H,15,16)(H2,12,13,17)/t9-/m1/s1. The lowest BCUT2D eigenvalue weighted by atomic mass is 10.2. The van der Waals surface area contributed by atoms with Crippen LogP contribution in [0, 0.1) is 5.92 Å². The van der Waals surface area contributed by atoms with Gasteiger partial charge in [0.05, 0.1) is 6.61 Å². The lowest BCUT2D eigenvalue weighted by molar-refractivity contribution is -0.140. The highest BCUT2D eigenvalue weighted by Gasteiger charge is 2.17. The van der Waals surface area contributed by atoms with Crippen molar-refractivity contribution < 1.29 is 24.5 Å². The van der Waals surface area contributed by atoms with Gasteiger partial charge in [0.1, 0.15) is 0 Å². The second kappa shape index (κ2) is 9.67. The lowest BCUT2D eigenvalue weighted by Crippen LogP contribution is -2.48. The first kappa shape index (κ1) is 16.7. The van der Waals surface area contributed by atoms with Crippen LogP contribution in [0.3, 0.4) is 0 Å². The summed E-state index contributed by atoms with van der Waals surface area (Å²) in [6, 6.07) is -1.89. The summed E-state index contributed by atoms with van der Waals surface area (Å²) in [5, 5.41) is 21.9. The normalized spacial score (nSPS) is 12.2. The fraction of sp³-hybridized carbons (Fsp3) is 0.818. The summed E-state index contributed by atoms with van der Waals surface area (Å²) in [4.78, 5) is 21.7. The van der Waals surface area contributed by atoms with E-state index in [0.29, 0.717) is 32.1 Å². The number of amides is 2. The van der Waals surface area contributed by atoms with Gasteiger partial charge in [-0.1, -0.05) is 13.8 Å². The highest BCUT2D eigenvalue weighted by Crippen LogP contribution is 1.92. The number of hydrogen-bond donors (Lipinski definition) is 4. The maximum absolute atomic E-state index is 11.2. The van der Waals surface area contributed by atoms with Gasteiger partial charge in [-0.25, -0.2) is 9.59 Å². The predicted molar refractivity (Wildman–Crippen MR) is 65.3 cm³/mol. The number of urea groups is 1. The maximum atomic E-state index is 11.2. The smallest absolute Gasteiger partial charge is 0.328 e. The monoisotopic (exact) mass is 262 g/mol. The van der Waals surface area contributed by atoms with Crippen molar-refractivity contribution in [3.63, 3.8) is 0 Å². The Morgan fingerprint density at radius 2 is 2.00 bits per heavy atom. The van der Waals surface area contributed by atoms with Crippen molar-refractivity contribution >= 4 is 12.0 Å². The molecule has 2 amide bonds. The van der Waals surface area contributed by atoms with Crippen LogP contribution in [0.4, 0.5) is 4.79 Å². The van der Waals surface area contributed by atoms with E-state index in [0.717, 1.165) is 0 Å². The van der Waals surface area contributed by atoms with Crippen LogP contribution in [0.15, 0.2) is 0 Å². The molecule has 0 aliphatic carbocycles. The zero-order chi connectivity index (χ0) is 14.0. The third-order valence-electron chi connectivity index (χ3n) is 1.99. The summed E-state index contributed by atoms with van der Waals surface area (Å²) in [5.41, 5.74) is 0. The van der Waals surface area contributed by atoms with Crippen molar-refractivity contribution in [3.8, 4) is 0 Å². The quantitative estimate of drug-likeness (QED) is 0.430. The molecule has 0 aromatic heterocycles. The molecule has 7 heteroatoms. The number of hydrogen-bond acceptors (Lipinski definition) is 4. The van der Waals surface area contributed by atoms with E-state index < -0.39 is 24.6 Å². The number of nitrogens with one attached hydrogen (secondary N) is 2. The number of aliphatic hydroxyl groups excluding tert-OH is 1. The Hall–Kier alpha value is -1.34. The highest BCUT2D eigenvalue weighted by molar-refractivity contribution is 5.82. The molecule has 0 unspecified atom stereocenters. The van der Waals surface area contributed by atoms with E-state index >= 15 is 0 Å². The first-order valence-electron chi connectivity index (χ1n) is 5.93. The average Bonchev–Trinajstić information content (AvgIpc) is 2.29. The Morgan fingerprint density at radius 3 is 2.50 bits per heavy atom. The van der Waals surface area contributed by atoms with E-state index in [4.69, 9.17) is 14.9 Å². The van der Waals surface area contributed by atoms with Crippen LogP contribution in [0.5, 0.6) is 0 Å². The maximum Gasteiger partial charge on any atom is 0.328 e. The van der Waals surface area contributed by atoms with Gasteiger partial charge in [0.2, 0.25) is 0 Å². The molecule has 7 nitrogen and oxygen atoms in total. The molecule has 18 heavy (non-hydrogen) atoms. The molecule has 4 N–H and O–H groups in total. The van der Waals surface area contributed by atoms with Gasteiger partial charge in [0.15, 0.2) is 6.04 Å². The summed E-state index contributed by atoms with van der Waals surface area (Å²) < 4.78 is 5.31. The van der Waals surface area contributed by atoms with Crippen LogP contribution in [0.2, 0.25) is 0 Å². The van der Waals surface area contributed by atoms with Gasteiger partial charge >= 0.3 is 12.0 Å². The molecule has 0 aromatic rings. The second-order valence-corrected chi connectivity index (χ2v) is 4.30. The predicted octanol–water partition coefficient (Wildman–Crippen LogP) is -0.206. The summed E-state index contributed by atoms with van der Waals surface area (Å²) in [6.45, 7) is 5.07. The number of carboxylic acid groups (broad SMARTS) is 1. The Bertz CT molecular complexity index is 258. The van der Waals surface area contributed by atoms with Crippen LogP contribution in [-0.2, 0) is 9.53 Å². The number of carbonyl (C=O) groups is 2. The van der Waals surface area contributed by atoms with Crippen molar-refractivity contribution in [1.29, 1.82) is 0 Å². The van der Waals surface area contributed by atoms with Gasteiger partial charge in [-0.3, -0.25) is 0 Å². The first-order valence-corrected chi connectivity index (χ1v) is 5.93. The van der Waals surface area contributed by atoms with Gasteiger partial charge < -0.3 is 25.6 Å². The van der Waals surface area contributed by atoms with Crippen LogP contribution < -0.4 is 10.6 Å². The van der Waals surface area contributed by atoms with Crippen molar-refractivity contribution in [2.45, 2.75) is 26.3 Å². The Balaban J connectivity index is 3.56. The summed E-state index contributed by atoms with van der Waals surface area (Å²) >= 11 is 0. The second-order valence-electron chi connectivity index (χ2n) is 4.30. The molecule has 0 heterocycles. The van der Waals surface area contributed by atoms with Crippen LogP contribution in [-0.4, -0.2) is 54.6 Å². The zero-order valence-corrected chi connectivity index (χ0v) is 10.8. The van der Waals surface area contributed by atoms with Gasteiger partial charge in [-0.2, -0.15) is 0 Å². The van der Waals surface area contributed by atoms with Crippen LogP contribution in [0.25, 0.3) is 0 Å².